The lowest BCUT2D eigenvalue weighted by atomic mass is 9.62. The Morgan fingerprint density at radius 2 is 1.52 bits per heavy atom. The lowest BCUT2D eigenvalue weighted by Crippen LogP contribution is -2.35. The second kappa shape index (κ2) is 7.29. The van der Waals surface area contributed by atoms with Gasteiger partial charge in [0.15, 0.2) is 0 Å². The molecule has 0 saturated heterocycles. The van der Waals surface area contributed by atoms with Gasteiger partial charge in [-0.05, 0) is 71.2 Å². The fourth-order valence-corrected chi connectivity index (χ4v) is 5.06. The molecule has 0 bridgehead atoms. The third-order valence-corrected chi connectivity index (χ3v) is 7.26. The minimum absolute atomic E-state index is 0.0384. The van der Waals surface area contributed by atoms with E-state index in [1.54, 1.807) is 17.1 Å². The Bertz CT molecular complexity index is 1300. The molecular formula is C28H29N3O2. The van der Waals surface area contributed by atoms with E-state index in [-0.39, 0.29) is 16.4 Å². The third kappa shape index (κ3) is 3.44. The third-order valence-electron chi connectivity index (χ3n) is 7.26. The van der Waals surface area contributed by atoms with Crippen LogP contribution in [0.25, 0.3) is 0 Å². The van der Waals surface area contributed by atoms with E-state index in [1.165, 1.54) is 11.1 Å². The first kappa shape index (κ1) is 21.4. The maximum absolute atomic E-state index is 11.4. The van der Waals surface area contributed by atoms with E-state index in [9.17, 15) is 9.90 Å². The van der Waals surface area contributed by atoms with Crippen molar-refractivity contribution in [2.24, 2.45) is 10.8 Å². The Morgan fingerprint density at radius 1 is 0.909 bits per heavy atom. The number of anilines is 2. The van der Waals surface area contributed by atoms with Gasteiger partial charge in [-0.2, -0.15) is 0 Å². The van der Waals surface area contributed by atoms with Gasteiger partial charge in [0.25, 0.3) is 0 Å². The summed E-state index contributed by atoms with van der Waals surface area (Å²) < 4.78 is 0. The van der Waals surface area contributed by atoms with Gasteiger partial charge >= 0.3 is 5.97 Å². The number of hydrazine groups is 1. The zero-order chi connectivity index (χ0) is 23.5. The molecule has 1 heterocycles. The van der Waals surface area contributed by atoms with E-state index in [4.69, 9.17) is 10.8 Å². The molecular weight excluding hydrogens is 410 g/mol. The molecule has 1 aliphatic carbocycles. The number of nitrogens with two attached hydrogens (primary N) is 1. The molecule has 3 aromatic rings. The number of carboxylic acids is 1. The van der Waals surface area contributed by atoms with Crippen LogP contribution in [-0.2, 0) is 10.8 Å². The van der Waals surface area contributed by atoms with Crippen molar-refractivity contribution < 1.29 is 9.90 Å². The molecule has 5 nitrogen and oxygen atoms in total. The molecule has 3 aromatic carbocycles. The van der Waals surface area contributed by atoms with Gasteiger partial charge < -0.3 is 5.11 Å². The molecule has 0 spiro atoms. The Labute approximate surface area is 194 Å². The summed E-state index contributed by atoms with van der Waals surface area (Å²) in [5.74, 6) is 5.79. The standard InChI is InChI=1S/C28H29N3O2/c1-27(2)13-14-28(3,4)21-16-24-19(15-20(21)27)25(17-9-11-18(12-10-17)26(32)33)30-22-7-5-6-8-23(22)31(24)29/h5-12,15-16H,13-14,29H2,1-4H3,(H,32,33). The Hall–Kier alpha value is -3.44. The van der Waals surface area contributed by atoms with E-state index in [1.807, 2.05) is 36.4 Å². The first-order valence-corrected chi connectivity index (χ1v) is 11.3. The highest BCUT2D eigenvalue weighted by molar-refractivity contribution is 6.19. The van der Waals surface area contributed by atoms with Crippen LogP contribution in [0.15, 0.2) is 65.7 Å². The average Bonchev–Trinajstić information content (AvgIpc) is 2.91. The van der Waals surface area contributed by atoms with Crippen molar-refractivity contribution in [1.82, 2.24) is 0 Å². The summed E-state index contributed by atoms with van der Waals surface area (Å²) in [5.41, 5.74) is 8.13. The van der Waals surface area contributed by atoms with Crippen molar-refractivity contribution in [3.8, 4) is 0 Å². The van der Waals surface area contributed by atoms with E-state index in [0.29, 0.717) is 0 Å². The quantitative estimate of drug-likeness (QED) is 0.464. The van der Waals surface area contributed by atoms with Crippen LogP contribution >= 0.6 is 0 Å². The van der Waals surface area contributed by atoms with E-state index in [2.05, 4.69) is 39.8 Å². The Morgan fingerprint density at radius 3 is 2.15 bits per heavy atom. The molecule has 3 N–H and O–H groups in total. The summed E-state index contributed by atoms with van der Waals surface area (Å²) in [4.78, 5) is 16.4. The zero-order valence-corrected chi connectivity index (χ0v) is 19.5. The summed E-state index contributed by atoms with van der Waals surface area (Å²) in [6.45, 7) is 9.21. The first-order chi connectivity index (χ1) is 15.6. The molecule has 0 amide bonds. The van der Waals surface area contributed by atoms with Gasteiger partial charge in [-0.15, -0.1) is 0 Å². The normalized spacial score (nSPS) is 17.8. The molecule has 2 aliphatic rings. The molecule has 0 atom stereocenters. The molecule has 0 saturated carbocycles. The van der Waals surface area contributed by atoms with Gasteiger partial charge in [0.05, 0.1) is 28.3 Å². The van der Waals surface area contributed by atoms with Crippen LogP contribution in [0.1, 0.15) is 73.1 Å². The minimum atomic E-state index is -0.943. The molecule has 5 heteroatoms. The van der Waals surface area contributed by atoms with Crippen LogP contribution in [0.4, 0.5) is 17.1 Å². The molecule has 0 aromatic heterocycles. The van der Waals surface area contributed by atoms with Crippen LogP contribution in [0.3, 0.4) is 0 Å². The second-order valence-corrected chi connectivity index (χ2v) is 10.4. The summed E-state index contributed by atoms with van der Waals surface area (Å²) in [6, 6.07) is 19.3. The number of nitrogens with zero attached hydrogens (tertiary/aromatic N) is 2. The van der Waals surface area contributed by atoms with Crippen LogP contribution in [0.5, 0.6) is 0 Å². The van der Waals surface area contributed by atoms with Crippen LogP contribution in [0.2, 0.25) is 0 Å². The van der Waals surface area contributed by atoms with E-state index >= 15 is 0 Å². The van der Waals surface area contributed by atoms with Crippen molar-refractivity contribution in [2.45, 2.75) is 51.4 Å². The number of carboxylic acid groups (broad SMARTS) is 1. The molecule has 0 fully saturated rings. The highest BCUT2D eigenvalue weighted by atomic mass is 16.4. The lowest BCUT2D eigenvalue weighted by molar-refractivity contribution is 0.0697. The minimum Gasteiger partial charge on any atom is -0.478 e. The molecule has 0 unspecified atom stereocenters. The number of rotatable bonds is 2. The van der Waals surface area contributed by atoms with Gasteiger partial charge in [-0.1, -0.05) is 52.0 Å². The van der Waals surface area contributed by atoms with Crippen molar-refractivity contribution in [2.75, 3.05) is 5.01 Å². The summed E-state index contributed by atoms with van der Waals surface area (Å²) >= 11 is 0. The number of aliphatic imine (C=N–C) groups is 1. The predicted molar refractivity (Wildman–Crippen MR) is 133 cm³/mol. The SMILES string of the molecule is CC1(C)CCC(C)(C)c2cc3c(cc21)C(c1ccc(C(=O)O)cc1)=Nc1ccccc1N3N. The largest absolute Gasteiger partial charge is 0.478 e. The van der Waals surface area contributed by atoms with Gasteiger partial charge in [-0.25, -0.2) is 15.6 Å². The number of fused-ring (bicyclic) bond motifs is 3. The van der Waals surface area contributed by atoms with Gasteiger partial charge in [0.1, 0.15) is 0 Å². The van der Waals surface area contributed by atoms with Gasteiger partial charge in [0.2, 0.25) is 0 Å². The van der Waals surface area contributed by atoms with E-state index < -0.39 is 5.97 Å². The summed E-state index contributed by atoms with van der Waals surface area (Å²) in [7, 11) is 0. The highest BCUT2D eigenvalue weighted by Gasteiger charge is 2.39. The average molecular weight is 440 g/mol. The topological polar surface area (TPSA) is 78.9 Å². The highest BCUT2D eigenvalue weighted by Crippen LogP contribution is 2.49. The van der Waals surface area contributed by atoms with Crippen LogP contribution in [0, 0.1) is 0 Å². The fraction of sp³-hybridized carbons (Fsp3) is 0.286. The molecule has 5 rings (SSSR count). The number of aromatic carboxylic acids is 1. The van der Waals surface area contributed by atoms with Crippen LogP contribution < -0.4 is 10.9 Å². The Balaban J connectivity index is 1.81. The van der Waals surface area contributed by atoms with Gasteiger partial charge in [0, 0.05) is 11.1 Å². The van der Waals surface area contributed by atoms with Crippen molar-refractivity contribution in [3.63, 3.8) is 0 Å². The predicted octanol–water partition coefficient (Wildman–Crippen LogP) is 6.23. The van der Waals surface area contributed by atoms with Gasteiger partial charge in [-0.3, -0.25) is 5.01 Å². The van der Waals surface area contributed by atoms with Crippen molar-refractivity contribution in [3.05, 3.63) is 88.5 Å². The fourth-order valence-electron chi connectivity index (χ4n) is 5.06. The number of hydrogen-bond acceptors (Lipinski definition) is 4. The van der Waals surface area contributed by atoms with E-state index in [0.717, 1.165) is 46.7 Å². The maximum Gasteiger partial charge on any atom is 0.335 e. The summed E-state index contributed by atoms with van der Waals surface area (Å²) in [6.07, 6.45) is 2.22. The lowest BCUT2D eigenvalue weighted by Gasteiger charge is -2.42. The first-order valence-electron chi connectivity index (χ1n) is 11.3. The zero-order valence-electron chi connectivity index (χ0n) is 19.5. The van der Waals surface area contributed by atoms with Crippen molar-refractivity contribution >= 4 is 28.7 Å². The Kier molecular flexibility index (Phi) is 4.73. The molecule has 33 heavy (non-hydrogen) atoms. The monoisotopic (exact) mass is 439 g/mol. The molecule has 168 valence electrons. The van der Waals surface area contributed by atoms with Crippen LogP contribution in [-0.4, -0.2) is 16.8 Å². The smallest absolute Gasteiger partial charge is 0.335 e. The number of para-hydroxylation sites is 2. The molecule has 1 aliphatic heterocycles. The maximum atomic E-state index is 11.4. The van der Waals surface area contributed by atoms with Crippen molar-refractivity contribution in [1.29, 1.82) is 0 Å². The number of benzene rings is 3. The number of hydrogen-bond donors (Lipinski definition) is 2. The second-order valence-electron chi connectivity index (χ2n) is 10.4. The number of carbonyl (C=O) groups is 1. The molecule has 0 radical (unpaired) electrons. The summed E-state index contributed by atoms with van der Waals surface area (Å²) in [5, 5.41) is 11.1.